The number of ether oxygens (including phenoxy) is 1. The molecule has 1 rings (SSSR count). The summed E-state index contributed by atoms with van der Waals surface area (Å²) in [6, 6.07) is -1.40. The number of nitrogens with one attached hydrogen (secondary N) is 2. The summed E-state index contributed by atoms with van der Waals surface area (Å²) >= 11 is 0. The third kappa shape index (κ3) is 4.13. The highest BCUT2D eigenvalue weighted by Crippen LogP contribution is 1.92. The van der Waals surface area contributed by atoms with Crippen molar-refractivity contribution in [3.8, 4) is 0 Å². The predicted molar refractivity (Wildman–Crippen MR) is 51.2 cm³/mol. The fourth-order valence-corrected chi connectivity index (χ4v) is 1.11. The minimum Gasteiger partial charge on any atom is -0.480 e. The summed E-state index contributed by atoms with van der Waals surface area (Å²) in [5.74, 6) is -1.06. The lowest BCUT2D eigenvalue weighted by atomic mass is 10.3. The van der Waals surface area contributed by atoms with E-state index in [0.29, 0.717) is 26.3 Å². The second-order valence-electron chi connectivity index (χ2n) is 3.24. The van der Waals surface area contributed by atoms with Gasteiger partial charge in [0.25, 0.3) is 0 Å². The van der Waals surface area contributed by atoms with Crippen molar-refractivity contribution in [1.82, 2.24) is 15.8 Å². The number of carboxylic acid groups (broad SMARTS) is 1. The molecule has 0 unspecified atom stereocenters. The summed E-state index contributed by atoms with van der Waals surface area (Å²) in [6.45, 7) is 3.74. The van der Waals surface area contributed by atoms with Crippen molar-refractivity contribution < 1.29 is 19.4 Å². The Morgan fingerprint density at radius 3 is 2.53 bits per heavy atom. The molecule has 0 saturated carbocycles. The van der Waals surface area contributed by atoms with Gasteiger partial charge in [0.2, 0.25) is 0 Å². The maximum Gasteiger partial charge on any atom is 0.330 e. The first kappa shape index (κ1) is 11.7. The average Bonchev–Trinajstić information content (AvgIpc) is 2.18. The van der Waals surface area contributed by atoms with Gasteiger partial charge in [-0.05, 0) is 6.92 Å². The molecule has 0 spiro atoms. The molecular weight excluding hydrogens is 202 g/mol. The van der Waals surface area contributed by atoms with Gasteiger partial charge in [0.1, 0.15) is 6.04 Å². The standard InChI is InChI=1S/C8H15N3O4/c1-6(7(12)13)9-8(14)10-11-2-4-15-5-3-11/h6H,2-5H2,1H3,(H,12,13)(H2,9,10,14)/t6-/m0/s1. The Balaban J connectivity index is 2.25. The number of carbonyl (C=O) groups excluding carboxylic acids is 1. The molecule has 0 aliphatic carbocycles. The third-order valence-corrected chi connectivity index (χ3v) is 1.99. The number of aliphatic carboxylic acids is 1. The first-order valence-electron chi connectivity index (χ1n) is 4.72. The highest BCUT2D eigenvalue weighted by Gasteiger charge is 2.17. The predicted octanol–water partition coefficient (Wildman–Crippen LogP) is -0.994. The van der Waals surface area contributed by atoms with Gasteiger partial charge in [-0.1, -0.05) is 0 Å². The van der Waals surface area contributed by atoms with E-state index >= 15 is 0 Å². The van der Waals surface area contributed by atoms with Crippen LogP contribution in [0, 0.1) is 0 Å². The van der Waals surface area contributed by atoms with Gasteiger partial charge in [-0.25, -0.2) is 9.80 Å². The third-order valence-electron chi connectivity index (χ3n) is 1.99. The molecule has 0 radical (unpaired) electrons. The zero-order chi connectivity index (χ0) is 11.3. The first-order chi connectivity index (χ1) is 7.09. The van der Waals surface area contributed by atoms with Crippen molar-refractivity contribution in [2.75, 3.05) is 26.3 Å². The lowest BCUT2D eigenvalue weighted by Crippen LogP contribution is -2.54. The minimum absolute atomic E-state index is 0.508. The highest BCUT2D eigenvalue weighted by atomic mass is 16.5. The number of hydrogen-bond acceptors (Lipinski definition) is 4. The number of hydrazine groups is 1. The molecule has 0 aromatic rings. The van der Waals surface area contributed by atoms with E-state index in [1.807, 2.05) is 0 Å². The molecule has 1 saturated heterocycles. The Labute approximate surface area is 87.3 Å². The smallest absolute Gasteiger partial charge is 0.330 e. The molecule has 15 heavy (non-hydrogen) atoms. The summed E-state index contributed by atoms with van der Waals surface area (Å²) < 4.78 is 5.09. The van der Waals surface area contributed by atoms with Crippen LogP contribution in [0.4, 0.5) is 4.79 Å². The number of nitrogens with zero attached hydrogens (tertiary/aromatic N) is 1. The number of urea groups is 1. The fraction of sp³-hybridized carbons (Fsp3) is 0.750. The average molecular weight is 217 g/mol. The van der Waals surface area contributed by atoms with E-state index < -0.39 is 18.0 Å². The SMILES string of the molecule is C[C@H](NC(=O)NN1CCOCC1)C(=O)O. The number of morpholine rings is 1. The lowest BCUT2D eigenvalue weighted by molar-refractivity contribution is -0.138. The molecule has 86 valence electrons. The van der Waals surface area contributed by atoms with E-state index in [1.54, 1.807) is 5.01 Å². The lowest BCUT2D eigenvalue weighted by Gasteiger charge is -2.27. The first-order valence-corrected chi connectivity index (χ1v) is 4.72. The van der Waals surface area contributed by atoms with Crippen molar-refractivity contribution in [2.24, 2.45) is 0 Å². The molecular formula is C8H15N3O4. The van der Waals surface area contributed by atoms with Gasteiger partial charge in [-0.2, -0.15) is 0 Å². The molecule has 1 heterocycles. The zero-order valence-electron chi connectivity index (χ0n) is 8.52. The van der Waals surface area contributed by atoms with Crippen LogP contribution in [0.15, 0.2) is 0 Å². The Morgan fingerprint density at radius 1 is 1.40 bits per heavy atom. The van der Waals surface area contributed by atoms with Crippen LogP contribution in [0.1, 0.15) is 6.92 Å². The molecule has 1 aliphatic heterocycles. The van der Waals surface area contributed by atoms with Gasteiger partial charge in [-0.15, -0.1) is 0 Å². The summed E-state index contributed by atoms with van der Waals surface area (Å²) in [6.07, 6.45) is 0. The van der Waals surface area contributed by atoms with Gasteiger partial charge >= 0.3 is 12.0 Å². The maximum atomic E-state index is 11.3. The molecule has 1 aliphatic rings. The van der Waals surface area contributed by atoms with Crippen LogP contribution in [0.5, 0.6) is 0 Å². The summed E-state index contributed by atoms with van der Waals surface area (Å²) in [7, 11) is 0. The van der Waals surface area contributed by atoms with Crippen molar-refractivity contribution in [3.05, 3.63) is 0 Å². The Bertz CT molecular complexity index is 240. The Morgan fingerprint density at radius 2 is 2.00 bits per heavy atom. The number of amides is 2. The minimum atomic E-state index is -1.06. The molecule has 0 bridgehead atoms. The summed E-state index contributed by atoms with van der Waals surface area (Å²) in [5.41, 5.74) is 2.54. The van der Waals surface area contributed by atoms with E-state index in [4.69, 9.17) is 9.84 Å². The van der Waals surface area contributed by atoms with Gasteiger partial charge in [0.05, 0.1) is 13.2 Å². The number of rotatable bonds is 3. The zero-order valence-corrected chi connectivity index (χ0v) is 8.52. The molecule has 0 aromatic carbocycles. The second-order valence-corrected chi connectivity index (χ2v) is 3.24. The number of carboxylic acids is 1. The van der Waals surface area contributed by atoms with Crippen LogP contribution < -0.4 is 10.7 Å². The fourth-order valence-electron chi connectivity index (χ4n) is 1.11. The molecule has 1 fully saturated rings. The number of carbonyl (C=O) groups is 2. The van der Waals surface area contributed by atoms with E-state index in [0.717, 1.165) is 0 Å². The second kappa shape index (κ2) is 5.52. The van der Waals surface area contributed by atoms with Gasteiger partial charge in [0, 0.05) is 13.1 Å². The van der Waals surface area contributed by atoms with Crippen LogP contribution in [0.25, 0.3) is 0 Å². The van der Waals surface area contributed by atoms with Crippen LogP contribution in [0.2, 0.25) is 0 Å². The van der Waals surface area contributed by atoms with E-state index in [2.05, 4.69) is 10.7 Å². The van der Waals surface area contributed by atoms with Crippen molar-refractivity contribution in [2.45, 2.75) is 13.0 Å². The van der Waals surface area contributed by atoms with E-state index in [9.17, 15) is 9.59 Å². The quantitative estimate of drug-likeness (QED) is 0.564. The normalized spacial score (nSPS) is 19.3. The number of hydrogen-bond donors (Lipinski definition) is 3. The van der Waals surface area contributed by atoms with Crippen molar-refractivity contribution in [3.63, 3.8) is 0 Å². The van der Waals surface area contributed by atoms with Gasteiger partial charge in [0.15, 0.2) is 0 Å². The van der Waals surface area contributed by atoms with Crippen molar-refractivity contribution >= 4 is 12.0 Å². The summed E-state index contributed by atoms with van der Waals surface area (Å²) in [4.78, 5) is 21.7. The molecule has 7 nitrogen and oxygen atoms in total. The van der Waals surface area contributed by atoms with Crippen LogP contribution >= 0.6 is 0 Å². The monoisotopic (exact) mass is 217 g/mol. The van der Waals surface area contributed by atoms with E-state index in [1.165, 1.54) is 6.92 Å². The van der Waals surface area contributed by atoms with Crippen LogP contribution in [0.3, 0.4) is 0 Å². The summed E-state index contributed by atoms with van der Waals surface area (Å²) in [5, 5.41) is 12.5. The Hall–Kier alpha value is -1.34. The van der Waals surface area contributed by atoms with Gasteiger partial charge < -0.3 is 15.2 Å². The van der Waals surface area contributed by atoms with E-state index in [-0.39, 0.29) is 0 Å². The van der Waals surface area contributed by atoms with Gasteiger partial charge in [-0.3, -0.25) is 10.2 Å². The molecule has 7 heteroatoms. The van der Waals surface area contributed by atoms with Crippen molar-refractivity contribution in [1.29, 1.82) is 0 Å². The molecule has 0 aromatic heterocycles. The molecule has 3 N–H and O–H groups in total. The highest BCUT2D eigenvalue weighted by molar-refractivity contribution is 5.81. The van der Waals surface area contributed by atoms with Crippen LogP contribution in [-0.2, 0) is 9.53 Å². The Kier molecular flexibility index (Phi) is 4.32. The van der Waals surface area contributed by atoms with Crippen LogP contribution in [-0.4, -0.2) is 54.5 Å². The largest absolute Gasteiger partial charge is 0.480 e. The maximum absolute atomic E-state index is 11.3. The molecule has 2 amide bonds. The topological polar surface area (TPSA) is 90.9 Å². The molecule has 1 atom stereocenters.